The molecular formula is C15H13F4N3O3. The van der Waals surface area contributed by atoms with Crippen molar-refractivity contribution in [3.8, 4) is 11.4 Å². The van der Waals surface area contributed by atoms with Crippen LogP contribution in [0.1, 0.15) is 24.3 Å². The van der Waals surface area contributed by atoms with Crippen molar-refractivity contribution >= 4 is 5.91 Å². The number of hydroxylamine groups is 2. The Kier molecular flexibility index (Phi) is 4.71. The van der Waals surface area contributed by atoms with Crippen LogP contribution in [0.5, 0.6) is 0 Å². The molecule has 3 rings (SSSR count). The van der Waals surface area contributed by atoms with Gasteiger partial charge in [-0.15, -0.1) is 0 Å². The Morgan fingerprint density at radius 1 is 1.28 bits per heavy atom. The maximum absolute atomic E-state index is 12.5. The number of aromatic nitrogens is 2. The topological polar surface area (TPSA) is 68.5 Å². The summed E-state index contributed by atoms with van der Waals surface area (Å²) in [5, 5.41) is 4.25. The quantitative estimate of drug-likeness (QED) is 0.584. The fourth-order valence-electron chi connectivity index (χ4n) is 2.16. The van der Waals surface area contributed by atoms with Gasteiger partial charge in [0.05, 0.1) is 6.54 Å². The van der Waals surface area contributed by atoms with E-state index in [0.717, 1.165) is 17.9 Å². The van der Waals surface area contributed by atoms with E-state index in [-0.39, 0.29) is 24.2 Å². The highest BCUT2D eigenvalue weighted by atomic mass is 19.4. The maximum atomic E-state index is 12.5. The summed E-state index contributed by atoms with van der Waals surface area (Å²) in [7, 11) is 0. The predicted molar refractivity (Wildman–Crippen MR) is 75.1 cm³/mol. The molecule has 0 N–H and O–H groups in total. The largest absolute Gasteiger partial charge is 0.471 e. The SMILES string of the molecule is O=C(C1CC1)N(Cc1ccc(-c2noc(C(F)(F)F)n2)cc1)OCF. The molecular weight excluding hydrogens is 346 g/mol. The molecule has 1 aromatic heterocycles. The van der Waals surface area contributed by atoms with Gasteiger partial charge in [-0.25, -0.2) is 14.3 Å². The number of hydrogen-bond donors (Lipinski definition) is 0. The molecule has 0 aliphatic heterocycles. The summed E-state index contributed by atoms with van der Waals surface area (Å²) in [6, 6.07) is 6.09. The lowest BCUT2D eigenvalue weighted by Gasteiger charge is -2.20. The van der Waals surface area contributed by atoms with Gasteiger partial charge in [0.15, 0.2) is 0 Å². The van der Waals surface area contributed by atoms with Crippen LogP contribution in [0.15, 0.2) is 28.8 Å². The van der Waals surface area contributed by atoms with Gasteiger partial charge in [0, 0.05) is 11.5 Å². The van der Waals surface area contributed by atoms with E-state index in [1.165, 1.54) is 12.1 Å². The van der Waals surface area contributed by atoms with E-state index in [2.05, 4.69) is 14.7 Å². The number of rotatable bonds is 6. The van der Waals surface area contributed by atoms with E-state index in [9.17, 15) is 22.4 Å². The average molecular weight is 359 g/mol. The number of nitrogens with zero attached hydrogens (tertiary/aromatic N) is 3. The van der Waals surface area contributed by atoms with Crippen molar-refractivity contribution in [2.24, 2.45) is 5.92 Å². The van der Waals surface area contributed by atoms with Crippen molar-refractivity contribution in [3.05, 3.63) is 35.7 Å². The monoisotopic (exact) mass is 359 g/mol. The van der Waals surface area contributed by atoms with Crippen molar-refractivity contribution in [1.29, 1.82) is 0 Å². The molecule has 10 heteroatoms. The van der Waals surface area contributed by atoms with Gasteiger partial charge in [-0.1, -0.05) is 29.4 Å². The molecule has 1 amide bonds. The molecule has 1 aromatic carbocycles. The van der Waals surface area contributed by atoms with E-state index < -0.39 is 18.9 Å². The third kappa shape index (κ3) is 4.13. The first-order valence-corrected chi connectivity index (χ1v) is 7.39. The standard InChI is InChI=1S/C15H13F4N3O3/c16-8-24-22(13(23)11-5-6-11)7-9-1-3-10(4-2-9)12-20-14(25-21-12)15(17,18)19/h1-4,11H,5-8H2. The van der Waals surface area contributed by atoms with Crippen molar-refractivity contribution in [3.63, 3.8) is 0 Å². The summed E-state index contributed by atoms with van der Waals surface area (Å²) in [6.45, 7) is -1.10. The van der Waals surface area contributed by atoms with Crippen molar-refractivity contribution in [2.75, 3.05) is 6.86 Å². The molecule has 0 unspecified atom stereocenters. The molecule has 1 aliphatic carbocycles. The number of halogens is 4. The van der Waals surface area contributed by atoms with Gasteiger partial charge >= 0.3 is 12.1 Å². The highest BCUT2D eigenvalue weighted by molar-refractivity contribution is 5.80. The normalized spacial score (nSPS) is 14.6. The molecule has 0 bridgehead atoms. The minimum atomic E-state index is -4.71. The van der Waals surface area contributed by atoms with Crippen LogP contribution in [0.4, 0.5) is 17.6 Å². The van der Waals surface area contributed by atoms with Crippen LogP contribution in [0.2, 0.25) is 0 Å². The Morgan fingerprint density at radius 3 is 2.48 bits per heavy atom. The first kappa shape index (κ1) is 17.3. The highest BCUT2D eigenvalue weighted by Crippen LogP contribution is 2.32. The van der Waals surface area contributed by atoms with Crippen LogP contribution in [-0.4, -0.2) is 28.0 Å². The molecule has 1 heterocycles. The van der Waals surface area contributed by atoms with Gasteiger partial charge < -0.3 is 4.52 Å². The molecule has 134 valence electrons. The summed E-state index contributed by atoms with van der Waals surface area (Å²) in [5.41, 5.74) is 0.931. The minimum Gasteiger partial charge on any atom is -0.329 e. The molecule has 2 aromatic rings. The van der Waals surface area contributed by atoms with Crippen LogP contribution in [0, 0.1) is 5.92 Å². The summed E-state index contributed by atoms with van der Waals surface area (Å²) in [6.07, 6.45) is -3.20. The Labute approximate surface area is 139 Å². The van der Waals surface area contributed by atoms with E-state index in [1.807, 2.05) is 0 Å². The minimum absolute atomic E-state index is 0.0274. The molecule has 0 atom stereocenters. The Balaban J connectivity index is 1.71. The van der Waals surface area contributed by atoms with Crippen LogP contribution >= 0.6 is 0 Å². The third-order valence-corrected chi connectivity index (χ3v) is 3.58. The molecule has 1 aliphatic rings. The molecule has 0 saturated heterocycles. The van der Waals surface area contributed by atoms with E-state index in [4.69, 9.17) is 4.84 Å². The van der Waals surface area contributed by atoms with E-state index >= 15 is 0 Å². The van der Waals surface area contributed by atoms with Crippen molar-refractivity contribution in [2.45, 2.75) is 25.6 Å². The van der Waals surface area contributed by atoms with Gasteiger partial charge in [0.2, 0.25) is 18.6 Å². The zero-order chi connectivity index (χ0) is 18.0. The smallest absolute Gasteiger partial charge is 0.329 e. The number of carbonyl (C=O) groups excluding carboxylic acids is 1. The maximum Gasteiger partial charge on any atom is 0.471 e. The Morgan fingerprint density at radius 2 is 1.96 bits per heavy atom. The molecule has 1 saturated carbocycles. The second kappa shape index (κ2) is 6.79. The lowest BCUT2D eigenvalue weighted by atomic mass is 10.1. The van der Waals surface area contributed by atoms with Crippen molar-refractivity contribution in [1.82, 2.24) is 15.2 Å². The van der Waals surface area contributed by atoms with Gasteiger partial charge in [-0.3, -0.25) is 4.79 Å². The summed E-state index contributed by atoms with van der Waals surface area (Å²) in [5.74, 6) is -2.05. The van der Waals surface area contributed by atoms with Gasteiger partial charge in [-0.05, 0) is 18.4 Å². The molecule has 6 nitrogen and oxygen atoms in total. The van der Waals surface area contributed by atoms with Crippen LogP contribution in [0.3, 0.4) is 0 Å². The molecule has 0 spiro atoms. The summed E-state index contributed by atoms with van der Waals surface area (Å²) in [4.78, 5) is 20.0. The second-order valence-corrected chi connectivity index (χ2v) is 5.51. The predicted octanol–water partition coefficient (Wildman–Crippen LogP) is 3.35. The number of hydrogen-bond acceptors (Lipinski definition) is 5. The van der Waals surface area contributed by atoms with Gasteiger partial charge in [0.25, 0.3) is 0 Å². The zero-order valence-electron chi connectivity index (χ0n) is 12.8. The molecule has 25 heavy (non-hydrogen) atoms. The second-order valence-electron chi connectivity index (χ2n) is 5.51. The fraction of sp³-hybridized carbons (Fsp3) is 0.400. The summed E-state index contributed by atoms with van der Waals surface area (Å²) >= 11 is 0. The van der Waals surface area contributed by atoms with E-state index in [0.29, 0.717) is 11.1 Å². The highest BCUT2D eigenvalue weighted by Gasteiger charge is 2.38. The molecule has 0 radical (unpaired) electrons. The zero-order valence-corrected chi connectivity index (χ0v) is 12.8. The number of carbonyl (C=O) groups is 1. The number of benzene rings is 1. The lowest BCUT2D eigenvalue weighted by Crippen LogP contribution is -2.31. The van der Waals surface area contributed by atoms with Crippen LogP contribution in [-0.2, 0) is 22.4 Å². The van der Waals surface area contributed by atoms with Gasteiger partial charge in [0.1, 0.15) is 0 Å². The Hall–Kier alpha value is -2.49. The first-order valence-electron chi connectivity index (χ1n) is 7.39. The number of alkyl halides is 4. The fourth-order valence-corrected chi connectivity index (χ4v) is 2.16. The lowest BCUT2D eigenvalue weighted by molar-refractivity contribution is -0.206. The average Bonchev–Trinajstić information content (AvgIpc) is 3.29. The Bertz CT molecular complexity index is 741. The summed E-state index contributed by atoms with van der Waals surface area (Å²) < 4.78 is 54.0. The number of amides is 1. The third-order valence-electron chi connectivity index (χ3n) is 3.58. The van der Waals surface area contributed by atoms with Crippen molar-refractivity contribution < 1.29 is 31.7 Å². The molecule has 1 fully saturated rings. The van der Waals surface area contributed by atoms with E-state index in [1.54, 1.807) is 12.1 Å². The van der Waals surface area contributed by atoms with Crippen LogP contribution in [0.25, 0.3) is 11.4 Å². The van der Waals surface area contributed by atoms with Crippen LogP contribution < -0.4 is 0 Å². The van der Waals surface area contributed by atoms with Gasteiger partial charge in [-0.2, -0.15) is 18.2 Å². The first-order chi connectivity index (χ1) is 11.9.